The van der Waals surface area contributed by atoms with E-state index in [1.54, 1.807) is 0 Å². The minimum atomic E-state index is -4.87. The molecule has 1 atom stereocenters. The normalized spacial score (nSPS) is 15.8. The number of likely N-dealkylation sites (tertiary alicyclic amines) is 1. The van der Waals surface area contributed by atoms with Crippen molar-refractivity contribution in [1.82, 2.24) is 20.0 Å². The third-order valence-electron chi connectivity index (χ3n) is 5.41. The summed E-state index contributed by atoms with van der Waals surface area (Å²) >= 11 is 0. The van der Waals surface area contributed by atoms with Crippen LogP contribution in [-0.2, 0) is 0 Å². The number of hydrogen-bond donors (Lipinski definition) is 0. The minimum Gasteiger partial charge on any atom is -0.443 e. The Morgan fingerprint density at radius 2 is 2.00 bits per heavy atom. The van der Waals surface area contributed by atoms with Crippen molar-refractivity contribution in [3.05, 3.63) is 72.1 Å². The highest BCUT2D eigenvalue weighted by Crippen LogP contribution is 2.38. The Balaban J connectivity index is 1.39. The molecule has 0 N–H and O–H groups in total. The summed E-state index contributed by atoms with van der Waals surface area (Å²) in [5.41, 5.74) is 1.89. The molecule has 174 valence electrons. The van der Waals surface area contributed by atoms with E-state index in [1.165, 1.54) is 29.5 Å². The van der Waals surface area contributed by atoms with Crippen LogP contribution in [-0.4, -0.2) is 38.8 Å². The van der Waals surface area contributed by atoms with Gasteiger partial charge in [-0.15, -0.1) is 13.2 Å². The van der Waals surface area contributed by atoms with Gasteiger partial charge in [0.2, 0.25) is 11.7 Å². The molecule has 1 aliphatic rings. The van der Waals surface area contributed by atoms with Crippen molar-refractivity contribution in [2.75, 3.05) is 6.54 Å². The lowest BCUT2D eigenvalue weighted by Crippen LogP contribution is -2.45. The Morgan fingerprint density at radius 3 is 2.74 bits per heavy atom. The maximum atomic E-state index is 13.2. The predicted molar refractivity (Wildman–Crippen MR) is 111 cm³/mol. The summed E-state index contributed by atoms with van der Waals surface area (Å²) in [4.78, 5) is 23.1. The SMILES string of the molecule is Cc1cccc(-c2ocnc2C(=O)N2CCC2c2nc(-c3ccccc3OC(F)(F)F)no2)c1. The number of halogens is 3. The summed E-state index contributed by atoms with van der Waals surface area (Å²) in [6, 6.07) is 12.4. The average molecular weight is 470 g/mol. The van der Waals surface area contributed by atoms with E-state index in [1.807, 2.05) is 31.2 Å². The molecule has 11 heteroatoms. The Bertz CT molecular complexity index is 1350. The van der Waals surface area contributed by atoms with Crippen LogP contribution in [0.5, 0.6) is 5.75 Å². The van der Waals surface area contributed by atoms with Crippen LogP contribution < -0.4 is 4.74 Å². The quantitative estimate of drug-likeness (QED) is 0.396. The number of benzene rings is 2. The first-order valence-electron chi connectivity index (χ1n) is 10.3. The monoisotopic (exact) mass is 470 g/mol. The number of ether oxygens (including phenoxy) is 1. The van der Waals surface area contributed by atoms with E-state index in [0.29, 0.717) is 18.7 Å². The van der Waals surface area contributed by atoms with Gasteiger partial charge in [0.05, 0.1) is 5.56 Å². The van der Waals surface area contributed by atoms with Gasteiger partial charge in [-0.2, -0.15) is 4.98 Å². The van der Waals surface area contributed by atoms with Crippen molar-refractivity contribution in [1.29, 1.82) is 0 Å². The van der Waals surface area contributed by atoms with E-state index in [2.05, 4.69) is 19.9 Å². The molecule has 3 heterocycles. The molecule has 8 nitrogen and oxygen atoms in total. The Labute approximate surface area is 191 Å². The molecule has 0 radical (unpaired) electrons. The van der Waals surface area contributed by atoms with Crippen LogP contribution in [0.15, 0.2) is 63.9 Å². The van der Waals surface area contributed by atoms with Gasteiger partial charge in [-0.05, 0) is 31.5 Å². The van der Waals surface area contributed by atoms with Gasteiger partial charge in [0.25, 0.3) is 5.91 Å². The maximum absolute atomic E-state index is 13.2. The van der Waals surface area contributed by atoms with Crippen LogP contribution in [0.4, 0.5) is 13.2 Å². The number of amides is 1. The van der Waals surface area contributed by atoms with Crippen LogP contribution >= 0.6 is 0 Å². The molecular formula is C23H17F3N4O4. The highest BCUT2D eigenvalue weighted by Gasteiger charge is 2.40. The second-order valence-corrected chi connectivity index (χ2v) is 7.70. The molecule has 1 unspecified atom stereocenters. The highest BCUT2D eigenvalue weighted by molar-refractivity contribution is 5.98. The van der Waals surface area contributed by atoms with Crippen molar-refractivity contribution < 1.29 is 31.6 Å². The summed E-state index contributed by atoms with van der Waals surface area (Å²) in [6.07, 6.45) is -3.11. The average Bonchev–Trinajstić information content (AvgIpc) is 3.42. The summed E-state index contributed by atoms with van der Waals surface area (Å²) < 4.78 is 53.1. The van der Waals surface area contributed by atoms with E-state index in [-0.39, 0.29) is 28.9 Å². The van der Waals surface area contributed by atoms with Crippen molar-refractivity contribution in [3.8, 4) is 28.5 Å². The van der Waals surface area contributed by atoms with Crippen LogP contribution in [0.2, 0.25) is 0 Å². The molecule has 1 aliphatic heterocycles. The largest absolute Gasteiger partial charge is 0.573 e. The fourth-order valence-corrected chi connectivity index (χ4v) is 3.76. The van der Waals surface area contributed by atoms with Crippen LogP contribution in [0.25, 0.3) is 22.7 Å². The first kappa shape index (κ1) is 21.7. The van der Waals surface area contributed by atoms with Gasteiger partial charge >= 0.3 is 6.36 Å². The molecule has 1 saturated heterocycles. The van der Waals surface area contributed by atoms with E-state index in [9.17, 15) is 18.0 Å². The third kappa shape index (κ3) is 4.12. The Kier molecular flexibility index (Phi) is 5.31. The molecule has 34 heavy (non-hydrogen) atoms. The number of oxazole rings is 1. The highest BCUT2D eigenvalue weighted by atomic mass is 19.4. The first-order valence-corrected chi connectivity index (χ1v) is 10.3. The number of alkyl halides is 3. The summed E-state index contributed by atoms with van der Waals surface area (Å²) in [6.45, 7) is 2.35. The Morgan fingerprint density at radius 1 is 1.18 bits per heavy atom. The van der Waals surface area contributed by atoms with Crippen molar-refractivity contribution in [3.63, 3.8) is 0 Å². The van der Waals surface area contributed by atoms with Crippen molar-refractivity contribution >= 4 is 5.91 Å². The number of carbonyl (C=O) groups excluding carboxylic acids is 1. The standard InChI is InChI=1S/C23H17F3N4O4/c1-13-5-4-6-14(11-13)19-18(27-12-32-19)22(31)30-10-9-16(30)21-28-20(29-34-21)15-7-2-3-8-17(15)33-23(24,25)26/h2-8,11-12,16H,9-10H2,1H3. The van der Waals surface area contributed by atoms with Gasteiger partial charge in [-0.1, -0.05) is 41.1 Å². The number of aromatic nitrogens is 3. The zero-order valence-corrected chi connectivity index (χ0v) is 17.7. The lowest BCUT2D eigenvalue weighted by atomic mass is 10.0. The topological polar surface area (TPSA) is 94.5 Å². The van der Waals surface area contributed by atoms with Gasteiger partial charge in [0.1, 0.15) is 11.8 Å². The lowest BCUT2D eigenvalue weighted by Gasteiger charge is -2.38. The molecule has 2 aromatic heterocycles. The van der Waals surface area contributed by atoms with E-state index in [0.717, 1.165) is 17.2 Å². The summed E-state index contributed by atoms with van der Waals surface area (Å²) in [5.74, 6) is -0.437. The fourth-order valence-electron chi connectivity index (χ4n) is 3.76. The molecule has 1 amide bonds. The molecular weight excluding hydrogens is 453 g/mol. The van der Waals surface area contributed by atoms with Crippen LogP contribution in [0, 0.1) is 6.92 Å². The zero-order valence-electron chi connectivity index (χ0n) is 17.7. The minimum absolute atomic E-state index is 0.0188. The van der Waals surface area contributed by atoms with E-state index >= 15 is 0 Å². The predicted octanol–water partition coefficient (Wildman–Crippen LogP) is 5.19. The third-order valence-corrected chi connectivity index (χ3v) is 5.41. The molecule has 0 bridgehead atoms. The number of nitrogens with zero attached hydrogens (tertiary/aromatic N) is 4. The molecule has 1 fully saturated rings. The fraction of sp³-hybridized carbons (Fsp3) is 0.217. The summed E-state index contributed by atoms with van der Waals surface area (Å²) in [5, 5.41) is 3.81. The van der Waals surface area contributed by atoms with Gasteiger partial charge < -0.3 is 18.6 Å². The number of hydrogen-bond acceptors (Lipinski definition) is 7. The second kappa shape index (κ2) is 8.32. The number of aryl methyl sites for hydroxylation is 1. The van der Waals surface area contributed by atoms with Gasteiger partial charge in [-0.25, -0.2) is 4.98 Å². The van der Waals surface area contributed by atoms with E-state index in [4.69, 9.17) is 8.94 Å². The molecule has 2 aromatic carbocycles. The van der Waals surface area contributed by atoms with E-state index < -0.39 is 18.2 Å². The van der Waals surface area contributed by atoms with Gasteiger partial charge in [-0.3, -0.25) is 4.79 Å². The lowest BCUT2D eigenvalue weighted by molar-refractivity contribution is -0.274. The number of para-hydroxylation sites is 1. The summed E-state index contributed by atoms with van der Waals surface area (Å²) in [7, 11) is 0. The van der Waals surface area contributed by atoms with Crippen LogP contribution in [0.3, 0.4) is 0 Å². The van der Waals surface area contributed by atoms with Crippen molar-refractivity contribution in [2.45, 2.75) is 25.7 Å². The van der Waals surface area contributed by atoms with Crippen LogP contribution in [0.1, 0.15) is 34.4 Å². The molecule has 0 spiro atoms. The number of rotatable bonds is 5. The molecule has 0 saturated carbocycles. The zero-order chi connectivity index (χ0) is 23.9. The first-order chi connectivity index (χ1) is 16.3. The second-order valence-electron chi connectivity index (χ2n) is 7.70. The van der Waals surface area contributed by atoms with Gasteiger partial charge in [0.15, 0.2) is 17.8 Å². The number of carbonyl (C=O) groups is 1. The van der Waals surface area contributed by atoms with Gasteiger partial charge in [0, 0.05) is 12.1 Å². The maximum Gasteiger partial charge on any atom is 0.573 e. The smallest absolute Gasteiger partial charge is 0.443 e. The molecule has 5 rings (SSSR count). The van der Waals surface area contributed by atoms with Crippen molar-refractivity contribution in [2.24, 2.45) is 0 Å². The molecule has 4 aromatic rings. The molecule has 0 aliphatic carbocycles. The Hall–Kier alpha value is -4.15.